The lowest BCUT2D eigenvalue weighted by Gasteiger charge is -2.12. The Labute approximate surface area is 649 Å². The smallest absolute Gasteiger partial charge is 0.164 e. The van der Waals surface area contributed by atoms with E-state index in [0.717, 1.165) is 77.7 Å². The Bertz CT molecular complexity index is 6790. The molecule has 0 atom stereocenters. The fourth-order valence-electron chi connectivity index (χ4n) is 14.9. The van der Waals surface area contributed by atoms with Crippen LogP contribution in [0.15, 0.2) is 413 Å². The summed E-state index contributed by atoms with van der Waals surface area (Å²) in [5.74, 6) is 3.85. The molecule has 8 nitrogen and oxygen atoms in total. The second kappa shape index (κ2) is 30.3. The SMILES string of the molecule is c1ccc(-c2ccc(-c3nc(-c4ccccc4)nc(-c4ccc(-c5ccc(-c6cccc(-c7cc8cccnc8c8ccccc78)c6)cc5)cc4)n3)cc2)cc1.c1ccc(-c2ccc(-c3nc(-c4ccccc4)nc(-c4ccc(-c5cccc(-c6ccc(-c7ccc8c(ccc9ccncc98)c7)cc6)c5)cc4)n3)cc2)cc1. The quantitative estimate of drug-likeness (QED) is 0.0992. The van der Waals surface area contributed by atoms with Gasteiger partial charge < -0.3 is 0 Å². The molecule has 0 aliphatic rings. The maximum Gasteiger partial charge on any atom is 0.164 e. The van der Waals surface area contributed by atoms with Crippen LogP contribution in [0, 0.1) is 0 Å². The molecule has 0 saturated carbocycles. The number of benzene rings is 16. The number of nitrogens with zero attached hydrogens (tertiary/aromatic N) is 8. The summed E-state index contributed by atoms with van der Waals surface area (Å²) in [5.41, 5.74) is 25.3. The molecule has 0 bridgehead atoms. The van der Waals surface area contributed by atoms with E-state index in [1.807, 2.05) is 97.5 Å². The highest BCUT2D eigenvalue weighted by molar-refractivity contribution is 6.12. The maximum absolute atomic E-state index is 4.99. The van der Waals surface area contributed by atoms with Crippen LogP contribution in [0.2, 0.25) is 0 Å². The van der Waals surface area contributed by atoms with Gasteiger partial charge in [-0.3, -0.25) is 9.97 Å². The van der Waals surface area contributed by atoms with E-state index < -0.39 is 0 Å². The van der Waals surface area contributed by atoms with Crippen LogP contribution in [0.5, 0.6) is 0 Å². The molecule has 112 heavy (non-hydrogen) atoms. The molecule has 0 amide bonds. The van der Waals surface area contributed by atoms with E-state index in [1.54, 1.807) is 0 Å². The van der Waals surface area contributed by atoms with Crippen molar-refractivity contribution >= 4 is 43.2 Å². The van der Waals surface area contributed by atoms with Crippen LogP contribution >= 0.6 is 0 Å². The van der Waals surface area contributed by atoms with Gasteiger partial charge in [-0.15, -0.1) is 0 Å². The molecule has 8 heteroatoms. The van der Waals surface area contributed by atoms with Crippen molar-refractivity contribution in [1.29, 1.82) is 0 Å². The van der Waals surface area contributed by atoms with Gasteiger partial charge in [0.15, 0.2) is 34.9 Å². The Morgan fingerprint density at radius 1 is 0.152 bits per heavy atom. The number of fused-ring (bicyclic) bond motifs is 6. The van der Waals surface area contributed by atoms with E-state index >= 15 is 0 Å². The van der Waals surface area contributed by atoms with E-state index in [9.17, 15) is 0 Å². The van der Waals surface area contributed by atoms with Gasteiger partial charge >= 0.3 is 0 Å². The first kappa shape index (κ1) is 67.5. The molecule has 20 rings (SSSR count). The molecule has 0 unspecified atom stereocenters. The van der Waals surface area contributed by atoms with Gasteiger partial charge in [-0.05, 0) is 147 Å². The van der Waals surface area contributed by atoms with Crippen molar-refractivity contribution in [1.82, 2.24) is 39.9 Å². The summed E-state index contributed by atoms with van der Waals surface area (Å²) < 4.78 is 0. The molecule has 0 saturated heterocycles. The number of pyridine rings is 2. The third kappa shape index (κ3) is 14.1. The average Bonchev–Trinajstić information content (AvgIpc) is 0.761. The molecule has 20 aromatic rings. The van der Waals surface area contributed by atoms with Crippen molar-refractivity contribution < 1.29 is 0 Å². The first-order valence-electron chi connectivity index (χ1n) is 37.6. The molecule has 0 N–H and O–H groups in total. The third-order valence-electron chi connectivity index (χ3n) is 20.8. The van der Waals surface area contributed by atoms with Gasteiger partial charge in [-0.1, -0.05) is 358 Å². The first-order chi connectivity index (χ1) is 55.4. The molecule has 4 heterocycles. The van der Waals surface area contributed by atoms with Crippen LogP contribution in [-0.2, 0) is 0 Å². The van der Waals surface area contributed by atoms with Gasteiger partial charge in [-0.25, -0.2) is 29.9 Å². The summed E-state index contributed by atoms with van der Waals surface area (Å²) in [4.78, 5) is 38.8. The maximum atomic E-state index is 4.99. The predicted molar refractivity (Wildman–Crippen MR) is 461 cm³/mol. The fourth-order valence-corrected chi connectivity index (χ4v) is 14.9. The largest absolute Gasteiger partial charge is 0.264 e. The normalized spacial score (nSPS) is 11.2. The summed E-state index contributed by atoms with van der Waals surface area (Å²) in [6, 6.07) is 138. The Hall–Kier alpha value is -15.1. The van der Waals surface area contributed by atoms with Crippen molar-refractivity contribution in [2.24, 2.45) is 0 Å². The lowest BCUT2D eigenvalue weighted by atomic mass is 9.93. The molecule has 0 aliphatic heterocycles. The molecular weight excluding hydrogens is 1360 g/mol. The Kier molecular flexibility index (Phi) is 18.2. The van der Waals surface area contributed by atoms with Crippen molar-refractivity contribution in [3.8, 4) is 157 Å². The van der Waals surface area contributed by atoms with Crippen LogP contribution in [-0.4, -0.2) is 39.9 Å². The Balaban J connectivity index is 0.000000151. The number of aromatic nitrogens is 8. The monoisotopic (exact) mass is 1430 g/mol. The van der Waals surface area contributed by atoms with Gasteiger partial charge in [0.2, 0.25) is 0 Å². The molecule has 0 fully saturated rings. The van der Waals surface area contributed by atoms with E-state index in [4.69, 9.17) is 34.9 Å². The lowest BCUT2D eigenvalue weighted by molar-refractivity contribution is 1.07. The van der Waals surface area contributed by atoms with E-state index in [-0.39, 0.29) is 0 Å². The van der Waals surface area contributed by atoms with Crippen molar-refractivity contribution in [2.75, 3.05) is 0 Å². The second-order valence-corrected chi connectivity index (χ2v) is 27.8. The van der Waals surface area contributed by atoms with Gasteiger partial charge in [0.05, 0.1) is 5.52 Å². The zero-order valence-electron chi connectivity index (χ0n) is 60.8. The minimum atomic E-state index is 0.637. The zero-order chi connectivity index (χ0) is 74.5. The fraction of sp³-hybridized carbons (Fsp3) is 0. The summed E-state index contributed by atoms with van der Waals surface area (Å²) in [7, 11) is 0. The van der Waals surface area contributed by atoms with E-state index in [1.165, 1.54) is 88.0 Å². The van der Waals surface area contributed by atoms with Crippen LogP contribution in [0.3, 0.4) is 0 Å². The van der Waals surface area contributed by atoms with Crippen molar-refractivity contribution in [2.45, 2.75) is 0 Å². The Morgan fingerprint density at radius 2 is 0.455 bits per heavy atom. The number of rotatable bonds is 14. The van der Waals surface area contributed by atoms with Crippen LogP contribution in [0.1, 0.15) is 0 Å². The van der Waals surface area contributed by atoms with Gasteiger partial charge in [0.25, 0.3) is 0 Å². The topological polar surface area (TPSA) is 103 Å². The van der Waals surface area contributed by atoms with E-state index in [0.29, 0.717) is 34.9 Å². The van der Waals surface area contributed by atoms with Gasteiger partial charge in [0.1, 0.15) is 0 Å². The lowest BCUT2D eigenvalue weighted by Crippen LogP contribution is -2.00. The summed E-state index contributed by atoms with van der Waals surface area (Å²) in [6.07, 6.45) is 5.67. The molecule has 0 spiro atoms. The molecular formula is C104H68N8. The van der Waals surface area contributed by atoms with Gasteiger partial charge in [0, 0.05) is 68.1 Å². The second-order valence-electron chi connectivity index (χ2n) is 27.8. The highest BCUT2D eigenvalue weighted by Crippen LogP contribution is 2.39. The van der Waals surface area contributed by atoms with Crippen molar-refractivity contribution in [3.05, 3.63) is 413 Å². The van der Waals surface area contributed by atoms with Crippen LogP contribution in [0.4, 0.5) is 0 Å². The summed E-state index contributed by atoms with van der Waals surface area (Å²) in [6.45, 7) is 0. The highest BCUT2D eigenvalue weighted by atomic mass is 15.0. The molecule has 0 radical (unpaired) electrons. The highest BCUT2D eigenvalue weighted by Gasteiger charge is 2.18. The van der Waals surface area contributed by atoms with E-state index in [2.05, 4.69) is 320 Å². The first-order valence-corrected chi connectivity index (χ1v) is 37.6. The molecule has 524 valence electrons. The predicted octanol–water partition coefficient (Wildman–Crippen LogP) is 26.5. The summed E-state index contributed by atoms with van der Waals surface area (Å²) in [5, 5.41) is 8.34. The Morgan fingerprint density at radius 3 is 0.875 bits per heavy atom. The molecule has 4 aromatic heterocycles. The molecule has 16 aromatic carbocycles. The number of hydrogen-bond acceptors (Lipinski definition) is 8. The van der Waals surface area contributed by atoms with Crippen molar-refractivity contribution in [3.63, 3.8) is 0 Å². The average molecular weight is 1430 g/mol. The molecule has 0 aliphatic carbocycles. The third-order valence-corrected chi connectivity index (χ3v) is 20.8. The van der Waals surface area contributed by atoms with Gasteiger partial charge in [-0.2, -0.15) is 0 Å². The van der Waals surface area contributed by atoms with Crippen LogP contribution < -0.4 is 0 Å². The summed E-state index contributed by atoms with van der Waals surface area (Å²) >= 11 is 0. The van der Waals surface area contributed by atoms with Crippen LogP contribution in [0.25, 0.3) is 201 Å². The standard InChI is InChI=1S/2C52H34N4/c1-3-11-35(12-4-1)36-24-28-41(29-25-36)51-54-50(40-13-5-2-6-14-40)55-52(56-51)42-30-26-38(27-31-42)37-20-22-39(23-21-37)43-15-9-16-44(33-43)48-34-45-17-10-32-53-49(45)47-19-8-7-18-46(47)48;1-3-8-35(9-4-1)36-18-23-42(24-19-36)51-54-50(41-10-5-2-6-11-41)55-52(56-51)43-25-20-38(21-26-43)45-13-7-12-44(32-45)37-14-16-39(17-15-37)46-28-29-48-47(33-46)27-22-40-30-31-53-34-49(40)48/h2*1-34H. The number of hydrogen-bond donors (Lipinski definition) is 0. The zero-order valence-corrected chi connectivity index (χ0v) is 60.8. The minimum absolute atomic E-state index is 0.637. The minimum Gasteiger partial charge on any atom is -0.264 e.